The SMILES string of the molecule is OB(O)c1ccc2c(c1)C(C1c3ccccc3-c3ccccc31)c1ccccc1-2. The fourth-order valence-electron chi connectivity index (χ4n) is 5.34. The van der Waals surface area contributed by atoms with E-state index in [1.807, 2.05) is 18.2 Å². The molecule has 4 aromatic carbocycles. The van der Waals surface area contributed by atoms with Crippen LogP contribution in [0.15, 0.2) is 91.0 Å². The Kier molecular flexibility index (Phi) is 3.58. The predicted molar refractivity (Wildman–Crippen MR) is 117 cm³/mol. The van der Waals surface area contributed by atoms with Gasteiger partial charge in [-0.15, -0.1) is 0 Å². The molecule has 0 heterocycles. The Hall–Kier alpha value is -3.14. The Morgan fingerprint density at radius 3 is 1.38 bits per heavy atom. The van der Waals surface area contributed by atoms with Crippen molar-refractivity contribution in [2.45, 2.75) is 11.8 Å². The van der Waals surface area contributed by atoms with Gasteiger partial charge in [0.05, 0.1) is 0 Å². The zero-order valence-corrected chi connectivity index (χ0v) is 15.8. The van der Waals surface area contributed by atoms with Gasteiger partial charge in [-0.2, -0.15) is 0 Å². The summed E-state index contributed by atoms with van der Waals surface area (Å²) in [6, 6.07) is 31.8. The molecule has 2 nitrogen and oxygen atoms in total. The fraction of sp³-hybridized carbons (Fsp3) is 0.0769. The lowest BCUT2D eigenvalue weighted by atomic mass is 9.74. The van der Waals surface area contributed by atoms with Gasteiger partial charge in [0.25, 0.3) is 0 Å². The maximum absolute atomic E-state index is 9.79. The zero-order valence-electron chi connectivity index (χ0n) is 15.8. The maximum atomic E-state index is 9.79. The van der Waals surface area contributed by atoms with Gasteiger partial charge in [0.15, 0.2) is 0 Å². The molecule has 2 N–H and O–H groups in total. The van der Waals surface area contributed by atoms with Gasteiger partial charge in [-0.3, -0.25) is 0 Å². The lowest BCUT2D eigenvalue weighted by molar-refractivity contribution is 0.425. The fourth-order valence-corrected chi connectivity index (χ4v) is 5.34. The number of benzene rings is 4. The van der Waals surface area contributed by atoms with E-state index in [-0.39, 0.29) is 11.8 Å². The Labute approximate surface area is 170 Å². The summed E-state index contributed by atoms with van der Waals surface area (Å²) in [7, 11) is -1.46. The normalized spacial score (nSPS) is 16.1. The summed E-state index contributed by atoms with van der Waals surface area (Å²) >= 11 is 0. The van der Waals surface area contributed by atoms with Crippen LogP contribution in [0.25, 0.3) is 22.3 Å². The van der Waals surface area contributed by atoms with E-state index >= 15 is 0 Å². The van der Waals surface area contributed by atoms with E-state index in [0.717, 1.165) is 0 Å². The molecule has 0 aromatic heterocycles. The van der Waals surface area contributed by atoms with E-state index in [4.69, 9.17) is 0 Å². The summed E-state index contributed by atoms with van der Waals surface area (Å²) in [4.78, 5) is 0. The first-order valence-electron chi connectivity index (χ1n) is 10.0. The molecule has 0 aliphatic heterocycles. The van der Waals surface area contributed by atoms with Crippen LogP contribution in [0.4, 0.5) is 0 Å². The lowest BCUT2D eigenvalue weighted by Gasteiger charge is -2.24. The first-order chi connectivity index (χ1) is 14.2. The molecule has 1 unspecified atom stereocenters. The summed E-state index contributed by atoms with van der Waals surface area (Å²) in [6.45, 7) is 0. The van der Waals surface area contributed by atoms with Crippen LogP contribution < -0.4 is 5.46 Å². The summed E-state index contributed by atoms with van der Waals surface area (Å²) < 4.78 is 0. The molecule has 4 aromatic rings. The summed E-state index contributed by atoms with van der Waals surface area (Å²) in [5.74, 6) is 0.348. The van der Waals surface area contributed by atoms with Crippen LogP contribution in [-0.4, -0.2) is 17.2 Å². The second-order valence-electron chi connectivity index (χ2n) is 7.94. The van der Waals surface area contributed by atoms with Crippen LogP contribution in [0, 0.1) is 0 Å². The van der Waals surface area contributed by atoms with Gasteiger partial charge in [-0.05, 0) is 50.0 Å². The lowest BCUT2D eigenvalue weighted by Crippen LogP contribution is -2.30. The van der Waals surface area contributed by atoms with Crippen molar-refractivity contribution in [3.63, 3.8) is 0 Å². The van der Waals surface area contributed by atoms with Gasteiger partial charge in [0.2, 0.25) is 0 Å². The largest absolute Gasteiger partial charge is 0.488 e. The second-order valence-corrected chi connectivity index (χ2v) is 7.94. The molecule has 0 radical (unpaired) electrons. The molecule has 29 heavy (non-hydrogen) atoms. The number of rotatable bonds is 2. The van der Waals surface area contributed by atoms with Crippen molar-refractivity contribution in [2.24, 2.45) is 0 Å². The molecule has 1 atom stereocenters. The van der Waals surface area contributed by atoms with Gasteiger partial charge in [0.1, 0.15) is 0 Å². The average Bonchev–Trinajstić information content (AvgIpc) is 3.26. The molecule has 0 saturated heterocycles. The monoisotopic (exact) mass is 374 g/mol. The predicted octanol–water partition coefficient (Wildman–Crippen LogP) is 4.29. The molecule has 0 bridgehead atoms. The molecule has 6 rings (SSSR count). The van der Waals surface area contributed by atoms with E-state index in [1.165, 1.54) is 44.5 Å². The van der Waals surface area contributed by atoms with Crippen LogP contribution in [-0.2, 0) is 0 Å². The zero-order chi connectivity index (χ0) is 19.5. The van der Waals surface area contributed by atoms with Crippen molar-refractivity contribution in [2.75, 3.05) is 0 Å². The molecule has 2 aliphatic rings. The van der Waals surface area contributed by atoms with Gasteiger partial charge < -0.3 is 10.0 Å². The highest BCUT2D eigenvalue weighted by Crippen LogP contribution is 2.57. The highest BCUT2D eigenvalue weighted by Gasteiger charge is 2.41. The molecule has 0 saturated carbocycles. The highest BCUT2D eigenvalue weighted by atomic mass is 16.4. The summed E-state index contributed by atoms with van der Waals surface area (Å²) in [5.41, 5.74) is 10.8. The van der Waals surface area contributed by atoms with Crippen LogP contribution in [0.5, 0.6) is 0 Å². The van der Waals surface area contributed by atoms with Crippen molar-refractivity contribution in [3.05, 3.63) is 113 Å². The molecule has 0 fully saturated rings. The number of fused-ring (bicyclic) bond motifs is 6. The standard InChI is InChI=1S/C26H19BO2/c28-27(29)16-13-14-20-19-9-3-6-12-23(19)26(24(20)15-16)25-21-10-4-1-7-17(21)18-8-2-5-11-22(18)25/h1-15,25-26,28-29H. The smallest absolute Gasteiger partial charge is 0.423 e. The van der Waals surface area contributed by atoms with E-state index in [2.05, 4.69) is 72.8 Å². The maximum Gasteiger partial charge on any atom is 0.488 e. The quantitative estimate of drug-likeness (QED) is 0.514. The molecule has 3 heteroatoms. The van der Waals surface area contributed by atoms with Crippen molar-refractivity contribution < 1.29 is 10.0 Å². The second kappa shape index (κ2) is 6.18. The van der Waals surface area contributed by atoms with Gasteiger partial charge in [-0.25, -0.2) is 0 Å². The van der Waals surface area contributed by atoms with Crippen molar-refractivity contribution in [3.8, 4) is 22.3 Å². The third-order valence-corrected chi connectivity index (χ3v) is 6.51. The van der Waals surface area contributed by atoms with Crippen LogP contribution in [0.1, 0.15) is 34.1 Å². The van der Waals surface area contributed by atoms with Crippen LogP contribution >= 0.6 is 0 Å². The Balaban J connectivity index is 1.65. The molecule has 2 aliphatic carbocycles. The first-order valence-corrected chi connectivity index (χ1v) is 10.0. The van der Waals surface area contributed by atoms with Crippen LogP contribution in [0.2, 0.25) is 0 Å². The third kappa shape index (κ3) is 2.32. The summed E-state index contributed by atoms with van der Waals surface area (Å²) in [6.07, 6.45) is 0. The topological polar surface area (TPSA) is 40.5 Å². The van der Waals surface area contributed by atoms with Gasteiger partial charge in [-0.1, -0.05) is 91.0 Å². The first kappa shape index (κ1) is 16.8. The molecular weight excluding hydrogens is 355 g/mol. The van der Waals surface area contributed by atoms with Crippen molar-refractivity contribution in [1.29, 1.82) is 0 Å². The number of hydrogen-bond acceptors (Lipinski definition) is 2. The van der Waals surface area contributed by atoms with E-state index in [0.29, 0.717) is 5.46 Å². The third-order valence-electron chi connectivity index (χ3n) is 6.51. The summed E-state index contributed by atoms with van der Waals surface area (Å²) in [5, 5.41) is 19.6. The van der Waals surface area contributed by atoms with E-state index < -0.39 is 7.12 Å². The van der Waals surface area contributed by atoms with Crippen LogP contribution in [0.3, 0.4) is 0 Å². The van der Waals surface area contributed by atoms with E-state index in [1.54, 1.807) is 0 Å². The van der Waals surface area contributed by atoms with Gasteiger partial charge >= 0.3 is 7.12 Å². The average molecular weight is 374 g/mol. The minimum atomic E-state index is -1.46. The van der Waals surface area contributed by atoms with E-state index in [9.17, 15) is 10.0 Å². The van der Waals surface area contributed by atoms with Crippen molar-refractivity contribution >= 4 is 12.6 Å². The van der Waals surface area contributed by atoms with Gasteiger partial charge in [0, 0.05) is 11.8 Å². The minimum absolute atomic E-state index is 0.143. The highest BCUT2D eigenvalue weighted by molar-refractivity contribution is 6.58. The molecule has 0 spiro atoms. The molecule has 0 amide bonds. The Bertz CT molecular complexity index is 1220. The Morgan fingerprint density at radius 1 is 0.483 bits per heavy atom. The molecular formula is C26H19BO2. The Morgan fingerprint density at radius 2 is 0.897 bits per heavy atom. The number of hydrogen-bond donors (Lipinski definition) is 2. The van der Waals surface area contributed by atoms with Crippen molar-refractivity contribution in [1.82, 2.24) is 0 Å². The minimum Gasteiger partial charge on any atom is -0.423 e. The molecule has 138 valence electrons.